The number of anilines is 3. The number of hydrogen-bond donors (Lipinski definition) is 10. The molecule has 3 aliphatic carbocycles. The number of aliphatic hydroxyl groups is 3. The van der Waals surface area contributed by atoms with Crippen LogP contribution in [0.3, 0.4) is 0 Å². The number of fused-ring (bicyclic) bond motifs is 4. The number of nitrogens with two attached hydrogens (primary N) is 3. The number of aliphatic hydroxyl groups excluding tert-OH is 3. The Kier molecular flexibility index (Phi) is 22.1. The first-order valence-electron chi connectivity index (χ1n) is 33.6. The Morgan fingerprint density at radius 2 is 1.07 bits per heavy atom. The third-order valence-electron chi connectivity index (χ3n) is 18.6. The number of nitrogens with zero attached hydrogens (tertiary/aromatic N) is 10. The van der Waals surface area contributed by atoms with E-state index in [1.165, 1.54) is 19.0 Å². The molecule has 15 rings (SSSR count). The van der Waals surface area contributed by atoms with E-state index in [2.05, 4.69) is 120 Å². The second-order valence-corrected chi connectivity index (χ2v) is 29.9. The van der Waals surface area contributed by atoms with Crippen molar-refractivity contribution >= 4 is 92.7 Å². The standard InChI is InChI=1S/C24H26N6O5S.C24H25N5O4S.C23H26N6O5S/c25-36(32,33)35-13-17-10-18(11-20(17)31)28-23-21-24(27-14-26-23)30-22(29-21)16-6-8-19(9-7-16)34-12-15-4-2-1-3-5-15;25-34(31,32)33-13-18-10-19(11-22(18)30)28-24-23-21(26-14-27-24)12-20(29-23)17-8-4-7-16(9-17)15-5-2-1-3-6-15;1-29(2)18-8-7-17(15-5-3-4-6-16(15)18)21-27-20-22(28-21)25-12-26-23(20)34-14-9-13(19(30)10-14)11-33-35(24,31)32/h1-9,14,17-18,20,31H,10-13H2,(H2,25,32,33)(H2,26,27,28,29,30);1-9,14,18-19,22,30H,10-13H2,(H2,25,31,32)(H,26,27,28);3-8,12-14,19,30H,9-11H2,1-2H3,(H2,24,31,32)(H,25,26,27,28)/t17-,18+,20-;18-,19+,22-;13-,14+,19-/m000/s1. The summed E-state index contributed by atoms with van der Waals surface area (Å²) in [6.07, 6.45) is 4.88. The molecule has 34 heteroatoms. The van der Waals surface area contributed by atoms with Gasteiger partial charge in [0.25, 0.3) is 0 Å². The third-order valence-corrected chi connectivity index (χ3v) is 20.0. The number of aromatic nitrogens is 10. The summed E-state index contributed by atoms with van der Waals surface area (Å²) in [6, 6.07) is 48.0. The van der Waals surface area contributed by atoms with Gasteiger partial charge in [0.05, 0.1) is 49.5 Å². The van der Waals surface area contributed by atoms with E-state index in [9.17, 15) is 40.6 Å². The summed E-state index contributed by atoms with van der Waals surface area (Å²) in [5, 5.41) is 54.4. The highest BCUT2D eigenvalue weighted by atomic mass is 32.2. The molecule has 9 atom stereocenters. The minimum absolute atomic E-state index is 0.108. The first-order valence-corrected chi connectivity index (χ1v) is 38.0. The number of benzene rings is 6. The topological polar surface area (TPSA) is 462 Å². The minimum Gasteiger partial charge on any atom is -0.489 e. The number of aliphatic imine (C=N–C) groups is 1. The first-order chi connectivity index (χ1) is 50.4. The lowest BCUT2D eigenvalue weighted by Crippen LogP contribution is -2.24. The van der Waals surface area contributed by atoms with Crippen LogP contribution in [0, 0.1) is 17.8 Å². The summed E-state index contributed by atoms with van der Waals surface area (Å²) in [5.41, 5.74) is 11.9. The highest BCUT2D eigenvalue weighted by molar-refractivity contribution is 7.84. The van der Waals surface area contributed by atoms with Gasteiger partial charge in [0.1, 0.15) is 65.8 Å². The van der Waals surface area contributed by atoms with Gasteiger partial charge in [-0.15, -0.1) is 0 Å². The SMILES string of the molecule is CN(C)c1ccc(-c2nc3ncnc(O[C@@H]4C[C@@H](COS(N)(=O)=O)[C@@H](O)C4)c3[nH]2)c2ccccc12.NS(=O)(=O)OC[C@@H]1C[C@@H](Nc2ncnc3c2N=C(c2cccc(-c4ccccc4)c2)C3)C[C@@H]1O.NS(=O)(=O)OC[C@@H]1C[C@@H](Nc2ncnc3nc(-c4ccc(OCc5ccccc5)cc4)[nH]c23)C[C@@H]1O. The second-order valence-electron chi connectivity index (χ2n) is 26.2. The van der Waals surface area contributed by atoms with Crippen LogP contribution < -0.4 is 40.4 Å². The molecule has 3 fully saturated rings. The zero-order valence-corrected chi connectivity index (χ0v) is 59.3. The fraction of sp³-hybridized carbons (Fsp3) is 0.310. The van der Waals surface area contributed by atoms with E-state index in [-0.39, 0.29) is 49.8 Å². The average molecular weight is 1490 g/mol. The monoisotopic (exact) mass is 1490 g/mol. The van der Waals surface area contributed by atoms with E-state index in [1.807, 2.05) is 117 Å². The van der Waals surface area contributed by atoms with Crippen LogP contribution in [0.1, 0.15) is 55.3 Å². The molecule has 548 valence electrons. The molecular formula is C71H77N17O14S3. The molecule has 0 unspecified atom stereocenters. The van der Waals surface area contributed by atoms with E-state index >= 15 is 0 Å². The molecule has 11 aromatic rings. The first kappa shape index (κ1) is 73.2. The van der Waals surface area contributed by atoms with Crippen molar-refractivity contribution in [1.29, 1.82) is 0 Å². The van der Waals surface area contributed by atoms with E-state index in [0.717, 1.165) is 67.0 Å². The van der Waals surface area contributed by atoms with Crippen molar-refractivity contribution in [2.24, 2.45) is 38.2 Å². The Bertz CT molecular complexity index is 5280. The molecule has 4 aliphatic rings. The van der Waals surface area contributed by atoms with Gasteiger partial charge in [0.15, 0.2) is 22.9 Å². The van der Waals surface area contributed by atoms with Gasteiger partial charge in [0, 0.05) is 79.0 Å². The molecule has 105 heavy (non-hydrogen) atoms. The molecule has 0 amide bonds. The van der Waals surface area contributed by atoms with E-state index in [4.69, 9.17) is 29.9 Å². The number of H-pyrrole nitrogens is 2. The third kappa shape index (κ3) is 18.5. The quantitative estimate of drug-likeness (QED) is 0.0310. The molecule has 3 saturated carbocycles. The molecule has 13 N–H and O–H groups in total. The van der Waals surface area contributed by atoms with Crippen LogP contribution in [0.5, 0.6) is 11.6 Å². The molecule has 0 spiro atoms. The molecule has 6 aromatic carbocycles. The molecular weight excluding hydrogens is 1410 g/mol. The summed E-state index contributed by atoms with van der Waals surface area (Å²) in [6.45, 7) is -0.0413. The maximum absolute atomic E-state index is 11.1. The van der Waals surface area contributed by atoms with Crippen molar-refractivity contribution in [3.05, 3.63) is 181 Å². The van der Waals surface area contributed by atoms with Crippen LogP contribution >= 0.6 is 0 Å². The van der Waals surface area contributed by atoms with Crippen molar-refractivity contribution < 1.29 is 62.6 Å². The van der Waals surface area contributed by atoms with Gasteiger partial charge in [-0.25, -0.2) is 55.3 Å². The second kappa shape index (κ2) is 31.7. The van der Waals surface area contributed by atoms with Crippen LogP contribution in [-0.4, -0.2) is 167 Å². The molecule has 1 aliphatic heterocycles. The minimum atomic E-state index is -4.08. The van der Waals surface area contributed by atoms with Crippen molar-refractivity contribution in [2.45, 2.75) is 88.1 Å². The maximum Gasteiger partial charge on any atom is 0.333 e. The molecule has 0 bridgehead atoms. The molecule has 5 aromatic heterocycles. The Morgan fingerprint density at radius 3 is 1.72 bits per heavy atom. The molecule has 0 radical (unpaired) electrons. The highest BCUT2D eigenvalue weighted by Crippen LogP contribution is 2.40. The zero-order chi connectivity index (χ0) is 73.6. The summed E-state index contributed by atoms with van der Waals surface area (Å²) < 4.78 is 92.4. The molecule has 6 heterocycles. The lowest BCUT2D eigenvalue weighted by atomic mass is 10.00. The van der Waals surface area contributed by atoms with Crippen LogP contribution in [0.25, 0.3) is 67.0 Å². The predicted octanol–water partition coefficient (Wildman–Crippen LogP) is 6.94. The van der Waals surface area contributed by atoms with Crippen LogP contribution in [0.15, 0.2) is 170 Å². The van der Waals surface area contributed by atoms with E-state index < -0.39 is 55.1 Å². The largest absolute Gasteiger partial charge is 0.489 e. The van der Waals surface area contributed by atoms with Gasteiger partial charge in [0.2, 0.25) is 5.88 Å². The Balaban J connectivity index is 0.000000140. The van der Waals surface area contributed by atoms with Gasteiger partial charge < -0.3 is 50.3 Å². The van der Waals surface area contributed by atoms with Gasteiger partial charge in [-0.3, -0.25) is 12.5 Å². The summed E-state index contributed by atoms with van der Waals surface area (Å²) >= 11 is 0. The van der Waals surface area contributed by atoms with Crippen LogP contribution in [-0.2, 0) is 56.5 Å². The zero-order valence-electron chi connectivity index (χ0n) is 56.8. The number of imidazole rings is 2. The summed E-state index contributed by atoms with van der Waals surface area (Å²) in [4.78, 5) is 48.7. The Labute approximate surface area is 604 Å². The average Bonchev–Trinajstić information content (AvgIpc) is 1.69. The van der Waals surface area contributed by atoms with Crippen LogP contribution in [0.2, 0.25) is 0 Å². The smallest absolute Gasteiger partial charge is 0.333 e. The van der Waals surface area contributed by atoms with Crippen molar-refractivity contribution in [1.82, 2.24) is 49.8 Å². The fourth-order valence-electron chi connectivity index (χ4n) is 13.4. The Hall–Kier alpha value is -10.1. The predicted molar refractivity (Wildman–Crippen MR) is 393 cm³/mol. The molecule has 31 nitrogen and oxygen atoms in total. The van der Waals surface area contributed by atoms with E-state index in [0.29, 0.717) is 109 Å². The van der Waals surface area contributed by atoms with Crippen molar-refractivity contribution in [3.8, 4) is 45.5 Å². The summed E-state index contributed by atoms with van der Waals surface area (Å²) in [7, 11) is -8.16. The Morgan fingerprint density at radius 1 is 0.524 bits per heavy atom. The molecule has 0 saturated heterocycles. The number of ether oxygens (including phenoxy) is 2. The number of nitrogens with one attached hydrogen (secondary N) is 4. The fourth-order valence-corrected chi connectivity index (χ4v) is 14.5. The van der Waals surface area contributed by atoms with Gasteiger partial charge in [-0.2, -0.15) is 30.2 Å². The number of aromatic amines is 2. The van der Waals surface area contributed by atoms with E-state index in [1.54, 1.807) is 0 Å². The highest BCUT2D eigenvalue weighted by Gasteiger charge is 2.38. The van der Waals surface area contributed by atoms with Crippen molar-refractivity contribution in [2.75, 3.05) is 49.4 Å². The van der Waals surface area contributed by atoms with Gasteiger partial charge in [-0.05, 0) is 102 Å². The maximum atomic E-state index is 11.1. The normalized spacial score (nSPS) is 20.8. The van der Waals surface area contributed by atoms with Gasteiger partial charge in [-0.1, -0.05) is 103 Å². The van der Waals surface area contributed by atoms with Crippen LogP contribution in [0.4, 0.5) is 23.0 Å². The lowest BCUT2D eigenvalue weighted by molar-refractivity contribution is 0.0984. The number of hydrogen-bond acceptors (Lipinski definition) is 26. The number of rotatable bonds is 23. The lowest BCUT2D eigenvalue weighted by Gasteiger charge is -2.17. The summed E-state index contributed by atoms with van der Waals surface area (Å²) in [5.74, 6) is 2.36. The van der Waals surface area contributed by atoms with Gasteiger partial charge >= 0.3 is 30.9 Å². The van der Waals surface area contributed by atoms with Crippen molar-refractivity contribution in [3.63, 3.8) is 0 Å².